The van der Waals surface area contributed by atoms with E-state index in [-0.39, 0.29) is 0 Å². The highest BCUT2D eigenvalue weighted by Crippen LogP contribution is 2.28. The van der Waals surface area contributed by atoms with E-state index in [0.717, 1.165) is 38.5 Å². The number of rotatable bonds is 9. The number of imidazole rings is 1. The molecule has 1 atom stereocenters. The summed E-state index contributed by atoms with van der Waals surface area (Å²) in [5.41, 5.74) is 0. The summed E-state index contributed by atoms with van der Waals surface area (Å²) >= 11 is 1.80. The summed E-state index contributed by atoms with van der Waals surface area (Å²) in [6, 6.07) is 4.67. The van der Waals surface area contributed by atoms with Crippen molar-refractivity contribution in [1.82, 2.24) is 9.55 Å². The van der Waals surface area contributed by atoms with E-state index in [4.69, 9.17) is 4.74 Å². The maximum Gasteiger partial charge on any atom is 0.203 e. The molecule has 1 unspecified atom stereocenters. The molecule has 2 heterocycles. The minimum Gasteiger partial charge on any atom is -0.382 e. The first-order chi connectivity index (χ1) is 9.86. The van der Waals surface area contributed by atoms with E-state index < -0.39 is 0 Å². The van der Waals surface area contributed by atoms with Gasteiger partial charge in [-0.05, 0) is 31.2 Å². The third-order valence-corrected chi connectivity index (χ3v) is 4.19. The normalized spacial score (nSPS) is 12.5. The number of nitrogens with one attached hydrogen (secondary N) is 1. The van der Waals surface area contributed by atoms with Gasteiger partial charge in [-0.3, -0.25) is 0 Å². The zero-order chi connectivity index (χ0) is 14.2. The number of nitrogens with zero attached hydrogens (tertiary/aromatic N) is 2. The first kappa shape index (κ1) is 15.1. The largest absolute Gasteiger partial charge is 0.382 e. The third kappa shape index (κ3) is 3.84. The Morgan fingerprint density at radius 3 is 3.05 bits per heavy atom. The molecule has 0 amide bonds. The van der Waals surface area contributed by atoms with Gasteiger partial charge < -0.3 is 14.6 Å². The van der Waals surface area contributed by atoms with Crippen LogP contribution in [0.5, 0.6) is 0 Å². The lowest BCUT2D eigenvalue weighted by Crippen LogP contribution is -2.14. The molecule has 20 heavy (non-hydrogen) atoms. The fraction of sp³-hybridized carbons (Fsp3) is 0.533. The fourth-order valence-corrected chi connectivity index (χ4v) is 3.14. The summed E-state index contributed by atoms with van der Waals surface area (Å²) in [5, 5.41) is 5.53. The summed E-state index contributed by atoms with van der Waals surface area (Å²) in [6.45, 7) is 6.70. The van der Waals surface area contributed by atoms with Crippen LogP contribution in [0.3, 0.4) is 0 Å². The Morgan fingerprint density at radius 2 is 2.35 bits per heavy atom. The molecule has 110 valence electrons. The summed E-state index contributed by atoms with van der Waals surface area (Å²) in [6.07, 6.45) is 5.97. The lowest BCUT2D eigenvalue weighted by atomic mass is 10.2. The monoisotopic (exact) mass is 293 g/mol. The number of thiophene rings is 1. The summed E-state index contributed by atoms with van der Waals surface area (Å²) in [7, 11) is 0. The first-order valence-corrected chi connectivity index (χ1v) is 8.12. The van der Waals surface area contributed by atoms with Crippen LogP contribution in [0.2, 0.25) is 0 Å². The SMILES string of the molecule is CCOCCCNc1nccn1C(CC)c1cccs1. The zero-order valence-corrected chi connectivity index (χ0v) is 13.0. The summed E-state index contributed by atoms with van der Waals surface area (Å²) in [5.74, 6) is 0.946. The molecule has 5 heteroatoms. The zero-order valence-electron chi connectivity index (χ0n) is 12.2. The number of anilines is 1. The average Bonchev–Trinajstić information content (AvgIpc) is 3.12. The van der Waals surface area contributed by atoms with Crippen LogP contribution < -0.4 is 5.32 Å². The molecule has 0 fully saturated rings. The molecule has 0 aliphatic rings. The molecule has 0 aromatic carbocycles. The molecule has 1 N–H and O–H groups in total. The van der Waals surface area contributed by atoms with Gasteiger partial charge in [0.05, 0.1) is 6.04 Å². The van der Waals surface area contributed by atoms with E-state index in [0.29, 0.717) is 6.04 Å². The van der Waals surface area contributed by atoms with E-state index >= 15 is 0 Å². The molecule has 0 spiro atoms. The van der Waals surface area contributed by atoms with E-state index in [1.165, 1.54) is 4.88 Å². The van der Waals surface area contributed by atoms with Crippen LogP contribution in [0.1, 0.15) is 37.6 Å². The van der Waals surface area contributed by atoms with Crippen molar-refractivity contribution in [2.24, 2.45) is 0 Å². The maximum absolute atomic E-state index is 5.35. The van der Waals surface area contributed by atoms with Crippen LogP contribution in [0.25, 0.3) is 0 Å². The van der Waals surface area contributed by atoms with Crippen molar-refractivity contribution in [3.63, 3.8) is 0 Å². The van der Waals surface area contributed by atoms with Gasteiger partial charge in [-0.25, -0.2) is 4.98 Å². The Bertz CT molecular complexity index is 481. The van der Waals surface area contributed by atoms with Gasteiger partial charge in [0.25, 0.3) is 0 Å². The smallest absolute Gasteiger partial charge is 0.203 e. The van der Waals surface area contributed by atoms with Crippen molar-refractivity contribution >= 4 is 17.3 Å². The molecule has 0 saturated heterocycles. The molecule has 0 aliphatic heterocycles. The predicted molar refractivity (Wildman–Crippen MR) is 84.6 cm³/mol. The number of aromatic nitrogens is 2. The van der Waals surface area contributed by atoms with E-state index in [9.17, 15) is 0 Å². The Balaban J connectivity index is 1.96. The van der Waals surface area contributed by atoms with Crippen molar-refractivity contribution in [3.8, 4) is 0 Å². The van der Waals surface area contributed by atoms with E-state index in [2.05, 4.69) is 45.5 Å². The second kappa shape index (κ2) is 8.07. The minimum absolute atomic E-state index is 0.367. The molecule has 0 bridgehead atoms. The molecule has 0 radical (unpaired) electrons. The second-order valence-corrected chi connectivity index (χ2v) is 5.55. The summed E-state index contributed by atoms with van der Waals surface area (Å²) in [4.78, 5) is 5.81. The van der Waals surface area contributed by atoms with Crippen LogP contribution in [-0.4, -0.2) is 29.3 Å². The van der Waals surface area contributed by atoms with Gasteiger partial charge in [0, 0.05) is 37.0 Å². The number of hydrogen-bond acceptors (Lipinski definition) is 4. The van der Waals surface area contributed by atoms with Gasteiger partial charge in [0.15, 0.2) is 0 Å². The van der Waals surface area contributed by atoms with Gasteiger partial charge >= 0.3 is 0 Å². The second-order valence-electron chi connectivity index (χ2n) is 4.57. The highest BCUT2D eigenvalue weighted by atomic mass is 32.1. The Morgan fingerprint density at radius 1 is 1.45 bits per heavy atom. The highest BCUT2D eigenvalue weighted by molar-refractivity contribution is 7.10. The van der Waals surface area contributed by atoms with Crippen molar-refractivity contribution < 1.29 is 4.74 Å². The van der Waals surface area contributed by atoms with Crippen LogP contribution in [0.15, 0.2) is 29.9 Å². The molecule has 2 aromatic heterocycles. The Kier molecular flexibility index (Phi) is 6.08. The molecular formula is C15H23N3OS. The van der Waals surface area contributed by atoms with E-state index in [1.807, 2.05) is 13.1 Å². The molecule has 4 nitrogen and oxygen atoms in total. The van der Waals surface area contributed by atoms with Crippen molar-refractivity contribution in [2.45, 2.75) is 32.7 Å². The fourth-order valence-electron chi connectivity index (χ4n) is 2.24. The number of hydrogen-bond donors (Lipinski definition) is 1. The lowest BCUT2D eigenvalue weighted by Gasteiger charge is -2.18. The molecule has 0 saturated carbocycles. The lowest BCUT2D eigenvalue weighted by molar-refractivity contribution is 0.147. The topological polar surface area (TPSA) is 39.1 Å². The highest BCUT2D eigenvalue weighted by Gasteiger charge is 2.15. The molecule has 2 aromatic rings. The van der Waals surface area contributed by atoms with Gasteiger partial charge in [-0.1, -0.05) is 13.0 Å². The van der Waals surface area contributed by atoms with Crippen molar-refractivity contribution in [1.29, 1.82) is 0 Å². The van der Waals surface area contributed by atoms with Crippen LogP contribution >= 0.6 is 11.3 Å². The van der Waals surface area contributed by atoms with Crippen LogP contribution in [0, 0.1) is 0 Å². The quantitative estimate of drug-likeness (QED) is 0.715. The Hall–Kier alpha value is -1.33. The minimum atomic E-state index is 0.367. The van der Waals surface area contributed by atoms with Crippen LogP contribution in [-0.2, 0) is 4.74 Å². The Labute approximate surface area is 124 Å². The van der Waals surface area contributed by atoms with Crippen LogP contribution in [0.4, 0.5) is 5.95 Å². The van der Waals surface area contributed by atoms with Gasteiger partial charge in [-0.15, -0.1) is 11.3 Å². The molecule has 2 rings (SSSR count). The van der Waals surface area contributed by atoms with Gasteiger partial charge in [0.2, 0.25) is 5.95 Å². The van der Waals surface area contributed by atoms with Crippen molar-refractivity contribution in [2.75, 3.05) is 25.1 Å². The molecular weight excluding hydrogens is 270 g/mol. The van der Waals surface area contributed by atoms with E-state index in [1.54, 1.807) is 11.3 Å². The van der Waals surface area contributed by atoms with Crippen molar-refractivity contribution in [3.05, 3.63) is 34.8 Å². The predicted octanol–water partition coefficient (Wildman–Crippen LogP) is 3.78. The average molecular weight is 293 g/mol. The van der Waals surface area contributed by atoms with Gasteiger partial charge in [-0.2, -0.15) is 0 Å². The number of ether oxygens (including phenoxy) is 1. The maximum atomic E-state index is 5.35. The van der Waals surface area contributed by atoms with Gasteiger partial charge in [0.1, 0.15) is 0 Å². The standard InChI is InChI=1S/C15H23N3OS/c1-3-13(14-7-5-12-20-14)18-10-9-17-15(18)16-8-6-11-19-4-2/h5,7,9-10,12-13H,3-4,6,8,11H2,1-2H3,(H,16,17). The molecule has 0 aliphatic carbocycles. The summed E-state index contributed by atoms with van der Waals surface area (Å²) < 4.78 is 7.57. The first-order valence-electron chi connectivity index (χ1n) is 7.24. The third-order valence-electron chi connectivity index (χ3n) is 3.22.